The maximum Gasteiger partial charge on any atom is 0.309 e. The van der Waals surface area contributed by atoms with E-state index in [-0.39, 0.29) is 11.8 Å². The Kier molecular flexibility index (Phi) is 9.79. The number of hydrogen-bond acceptors (Lipinski definition) is 7. The van der Waals surface area contributed by atoms with Gasteiger partial charge in [0.1, 0.15) is 5.69 Å². The molecular weight excluding hydrogens is 725 g/mol. The molecule has 4 aliphatic rings. The van der Waals surface area contributed by atoms with Gasteiger partial charge in [0.05, 0.1) is 32.5 Å². The van der Waals surface area contributed by atoms with Crippen molar-refractivity contribution in [2.75, 3.05) is 30.3 Å². The summed E-state index contributed by atoms with van der Waals surface area (Å²) in [5.74, 6) is -0.239. The first-order valence-corrected chi connectivity index (χ1v) is 19.6. The Hall–Kier alpha value is -4.29. The van der Waals surface area contributed by atoms with Crippen molar-refractivity contribution in [3.8, 4) is 11.1 Å². The number of nitrogens with one attached hydrogen (secondary N) is 2. The smallest absolute Gasteiger partial charge is 0.309 e. The SMILES string of the molecule is CC(C)N1CCc2cc(C(=O)Nc3cccc(-c4cccc(NC(=O)c5nc6c(n5C)CCN(CCC5CC7(C(=O)O)CCC57)C6)c4Cl)c3Cl)ncc2C1. The molecule has 2 saturated carbocycles. The molecule has 2 aromatic heterocycles. The van der Waals surface area contributed by atoms with Crippen molar-refractivity contribution in [3.63, 3.8) is 0 Å². The van der Waals surface area contributed by atoms with Gasteiger partial charge in [0.15, 0.2) is 5.82 Å². The Morgan fingerprint density at radius 1 is 0.963 bits per heavy atom. The molecule has 3 N–H and O–H groups in total. The van der Waals surface area contributed by atoms with Crippen molar-refractivity contribution in [3.05, 3.63) is 92.7 Å². The summed E-state index contributed by atoms with van der Waals surface area (Å²) in [7, 11) is 1.87. The van der Waals surface area contributed by atoms with Crippen molar-refractivity contribution < 1.29 is 19.5 Å². The fraction of sp³-hybridized carbons (Fsp3) is 0.439. The molecule has 2 aliphatic carbocycles. The van der Waals surface area contributed by atoms with Gasteiger partial charge in [0, 0.05) is 68.7 Å². The second kappa shape index (κ2) is 14.4. The second-order valence-corrected chi connectivity index (χ2v) is 16.4. The summed E-state index contributed by atoms with van der Waals surface area (Å²) in [5.41, 5.74) is 6.12. The van der Waals surface area contributed by atoms with E-state index in [1.165, 1.54) is 0 Å². The van der Waals surface area contributed by atoms with Crippen molar-refractivity contribution in [1.82, 2.24) is 24.3 Å². The van der Waals surface area contributed by atoms with Crippen molar-refractivity contribution in [2.24, 2.45) is 24.3 Å². The van der Waals surface area contributed by atoms with Crippen molar-refractivity contribution >= 4 is 52.4 Å². The molecule has 3 unspecified atom stereocenters. The Morgan fingerprint density at radius 3 is 2.30 bits per heavy atom. The number of fused-ring (bicyclic) bond motifs is 3. The maximum absolute atomic E-state index is 13.7. The lowest BCUT2D eigenvalue weighted by atomic mass is 9.42. The largest absolute Gasteiger partial charge is 0.481 e. The molecule has 13 heteroatoms. The minimum Gasteiger partial charge on any atom is -0.481 e. The van der Waals surface area contributed by atoms with Crippen LogP contribution in [0.15, 0.2) is 48.7 Å². The van der Waals surface area contributed by atoms with Gasteiger partial charge in [0.2, 0.25) is 0 Å². The average molecular weight is 771 g/mol. The summed E-state index contributed by atoms with van der Waals surface area (Å²) in [6.07, 6.45) is 7.06. The molecule has 3 atom stereocenters. The summed E-state index contributed by atoms with van der Waals surface area (Å²) in [5, 5.41) is 16.2. The van der Waals surface area contributed by atoms with Gasteiger partial charge in [-0.15, -0.1) is 0 Å². The van der Waals surface area contributed by atoms with E-state index >= 15 is 0 Å². The van der Waals surface area contributed by atoms with E-state index < -0.39 is 11.4 Å². The van der Waals surface area contributed by atoms with Gasteiger partial charge >= 0.3 is 5.97 Å². The molecule has 4 heterocycles. The Morgan fingerprint density at radius 2 is 1.67 bits per heavy atom. The minimum absolute atomic E-state index is 0.304. The van der Waals surface area contributed by atoms with Gasteiger partial charge in [-0.05, 0) is 93.7 Å². The first kappa shape index (κ1) is 36.7. The standard InChI is InChI=1S/C41H45Cl2N7O4/c1-23(2)50-17-12-24-18-32(44-20-26(24)21-50)38(51)46-30-8-4-6-27(35(30)42)28-7-5-9-31(36(28)43)47-39(52)37-45-33-22-49(16-13-34(33)48(37)3)15-11-25-19-41(40(53)54)14-10-29(25)41/h4-9,18,20,23,25,29H,10-17,19,21-22H2,1-3H3,(H,46,51)(H,47,52)(H,53,54). The molecule has 54 heavy (non-hydrogen) atoms. The number of aliphatic carboxylic acids is 1. The summed E-state index contributed by atoms with van der Waals surface area (Å²) in [6, 6.07) is 13.0. The zero-order chi connectivity index (χ0) is 37.9. The molecule has 0 radical (unpaired) electrons. The number of carbonyl (C=O) groups excluding carboxylic acids is 2. The lowest BCUT2D eigenvalue weighted by molar-refractivity contribution is -0.192. The number of hydrogen-bond donors (Lipinski definition) is 3. The first-order valence-electron chi connectivity index (χ1n) is 18.9. The number of carbonyl (C=O) groups is 3. The molecule has 2 aromatic carbocycles. The van der Waals surface area contributed by atoms with Crippen LogP contribution in [0.4, 0.5) is 11.4 Å². The van der Waals surface area contributed by atoms with Gasteiger partial charge in [-0.3, -0.25) is 29.2 Å². The molecule has 4 aromatic rings. The quantitative estimate of drug-likeness (QED) is 0.153. The van der Waals surface area contributed by atoms with Crippen LogP contribution in [0.5, 0.6) is 0 Å². The third-order valence-corrected chi connectivity index (χ3v) is 13.3. The number of carboxylic acid groups (broad SMARTS) is 1. The summed E-state index contributed by atoms with van der Waals surface area (Å²) < 4.78 is 1.86. The number of rotatable bonds is 10. The minimum atomic E-state index is -0.624. The van der Waals surface area contributed by atoms with Crippen LogP contribution in [0.1, 0.15) is 83.2 Å². The van der Waals surface area contributed by atoms with Crippen LogP contribution in [-0.2, 0) is 37.8 Å². The molecular formula is C41H45Cl2N7O4. The number of benzene rings is 2. The predicted octanol–water partition coefficient (Wildman–Crippen LogP) is 7.31. The number of halogens is 2. The highest BCUT2D eigenvalue weighted by Gasteiger charge is 2.64. The number of amides is 2. The fourth-order valence-electron chi connectivity index (χ4n) is 9.10. The number of anilines is 2. The lowest BCUT2D eigenvalue weighted by Crippen LogP contribution is -2.60. The number of imidazole rings is 1. The number of pyridine rings is 1. The monoisotopic (exact) mass is 769 g/mol. The molecule has 2 fully saturated rings. The molecule has 0 bridgehead atoms. The summed E-state index contributed by atoms with van der Waals surface area (Å²) >= 11 is 13.9. The topological polar surface area (TPSA) is 133 Å². The summed E-state index contributed by atoms with van der Waals surface area (Å²) in [6.45, 7) is 8.53. The van der Waals surface area contributed by atoms with Gasteiger partial charge < -0.3 is 20.3 Å². The van der Waals surface area contributed by atoms with Gasteiger partial charge in [0.25, 0.3) is 11.8 Å². The molecule has 2 amide bonds. The number of aromatic nitrogens is 3. The van der Waals surface area contributed by atoms with Gasteiger partial charge in [-0.2, -0.15) is 0 Å². The molecule has 8 rings (SSSR count). The van der Waals surface area contributed by atoms with Gasteiger partial charge in [-0.25, -0.2) is 4.98 Å². The second-order valence-electron chi connectivity index (χ2n) is 15.7. The van der Waals surface area contributed by atoms with E-state index in [9.17, 15) is 19.5 Å². The fourth-order valence-corrected chi connectivity index (χ4v) is 9.65. The highest BCUT2D eigenvalue weighted by molar-refractivity contribution is 6.40. The highest BCUT2D eigenvalue weighted by Crippen LogP contribution is 2.65. The maximum atomic E-state index is 13.7. The molecule has 282 valence electrons. The number of carboxylic acids is 1. The van der Waals surface area contributed by atoms with E-state index in [0.717, 1.165) is 87.2 Å². The van der Waals surface area contributed by atoms with E-state index in [1.807, 2.05) is 29.8 Å². The lowest BCUT2D eigenvalue weighted by Gasteiger charge is -2.61. The Bertz CT molecular complexity index is 2170. The van der Waals surface area contributed by atoms with E-state index in [2.05, 4.69) is 39.3 Å². The van der Waals surface area contributed by atoms with Crippen LogP contribution in [0.25, 0.3) is 11.1 Å². The molecule has 2 aliphatic heterocycles. The van der Waals surface area contributed by atoms with Crippen molar-refractivity contribution in [1.29, 1.82) is 0 Å². The zero-order valence-corrected chi connectivity index (χ0v) is 32.3. The van der Waals surface area contributed by atoms with Crippen LogP contribution in [-0.4, -0.2) is 72.9 Å². The van der Waals surface area contributed by atoms with E-state index in [0.29, 0.717) is 68.5 Å². The van der Waals surface area contributed by atoms with Crippen molar-refractivity contribution in [2.45, 2.75) is 71.5 Å². The van der Waals surface area contributed by atoms with E-state index in [4.69, 9.17) is 28.2 Å². The normalized spacial score (nSPS) is 22.0. The zero-order valence-electron chi connectivity index (χ0n) is 30.8. The molecule has 11 nitrogen and oxygen atoms in total. The highest BCUT2D eigenvalue weighted by atomic mass is 35.5. The van der Waals surface area contributed by atoms with Crippen LogP contribution in [0, 0.1) is 17.3 Å². The Balaban J connectivity index is 0.927. The Labute approximate surface area is 325 Å². The predicted molar refractivity (Wildman–Crippen MR) is 209 cm³/mol. The third kappa shape index (κ3) is 6.48. The van der Waals surface area contributed by atoms with Gasteiger partial charge in [-0.1, -0.05) is 47.5 Å². The average Bonchev–Trinajstić information content (AvgIpc) is 3.48. The van der Waals surface area contributed by atoms with Crippen LogP contribution < -0.4 is 10.6 Å². The summed E-state index contributed by atoms with van der Waals surface area (Å²) in [4.78, 5) is 52.7. The molecule has 0 spiro atoms. The van der Waals surface area contributed by atoms with E-state index in [1.54, 1.807) is 30.5 Å². The van der Waals surface area contributed by atoms with Crippen LogP contribution in [0.3, 0.4) is 0 Å². The number of nitrogens with zero attached hydrogens (tertiary/aromatic N) is 5. The third-order valence-electron chi connectivity index (χ3n) is 12.5. The molecule has 0 saturated heterocycles. The van der Waals surface area contributed by atoms with Crippen LogP contribution >= 0.6 is 23.2 Å². The first-order chi connectivity index (χ1) is 25.9. The van der Waals surface area contributed by atoms with Crippen LogP contribution in [0.2, 0.25) is 10.0 Å².